The first-order valence-electron chi connectivity index (χ1n) is 6.45. The molecular weight excluding hydrogens is 226 g/mol. The molecule has 3 heterocycles. The highest BCUT2D eigenvalue weighted by Gasteiger charge is 2.17. The number of piperidine rings is 1. The van der Waals surface area contributed by atoms with E-state index in [0.29, 0.717) is 5.92 Å². The summed E-state index contributed by atoms with van der Waals surface area (Å²) in [4.78, 5) is 16.7. The Morgan fingerprint density at radius 3 is 3.11 bits per heavy atom. The van der Waals surface area contributed by atoms with E-state index in [2.05, 4.69) is 10.3 Å². The van der Waals surface area contributed by atoms with Gasteiger partial charge in [-0.25, -0.2) is 4.98 Å². The number of hydrogen-bond acceptors (Lipinski definition) is 3. The largest absolute Gasteiger partial charge is 0.316 e. The summed E-state index contributed by atoms with van der Waals surface area (Å²) in [5, 5.41) is 3.36. The molecule has 0 radical (unpaired) electrons. The highest BCUT2D eigenvalue weighted by atomic mass is 16.1. The Hall–Kier alpha value is -1.68. The van der Waals surface area contributed by atoms with Crippen molar-refractivity contribution < 1.29 is 0 Å². The van der Waals surface area contributed by atoms with Crippen molar-refractivity contribution in [2.45, 2.75) is 25.7 Å². The molecule has 18 heavy (non-hydrogen) atoms. The van der Waals surface area contributed by atoms with Gasteiger partial charge in [0.1, 0.15) is 5.65 Å². The molecule has 0 amide bonds. The number of aromatic nitrogens is 2. The third-order valence-electron chi connectivity index (χ3n) is 3.56. The van der Waals surface area contributed by atoms with Gasteiger partial charge in [0.05, 0.1) is 5.69 Å². The fourth-order valence-corrected chi connectivity index (χ4v) is 2.54. The topological polar surface area (TPSA) is 46.4 Å². The maximum atomic E-state index is 12.1. The van der Waals surface area contributed by atoms with E-state index in [1.807, 2.05) is 19.1 Å². The van der Waals surface area contributed by atoms with E-state index in [9.17, 15) is 4.79 Å². The Morgan fingerprint density at radius 1 is 1.44 bits per heavy atom. The molecule has 3 rings (SSSR count). The van der Waals surface area contributed by atoms with E-state index in [0.717, 1.165) is 42.8 Å². The SMILES string of the molecule is Cc1ccn2c(=O)cc(C3CCCNC3)nc2c1. The second-order valence-corrected chi connectivity index (χ2v) is 4.99. The van der Waals surface area contributed by atoms with Crippen molar-refractivity contribution in [2.24, 2.45) is 0 Å². The summed E-state index contributed by atoms with van der Waals surface area (Å²) in [5.74, 6) is 0.372. The van der Waals surface area contributed by atoms with Crippen molar-refractivity contribution in [2.75, 3.05) is 13.1 Å². The summed E-state index contributed by atoms with van der Waals surface area (Å²) >= 11 is 0. The van der Waals surface area contributed by atoms with Gasteiger partial charge in [-0.2, -0.15) is 0 Å². The molecule has 1 N–H and O–H groups in total. The van der Waals surface area contributed by atoms with Crippen LogP contribution < -0.4 is 10.9 Å². The van der Waals surface area contributed by atoms with Crippen LogP contribution in [0.1, 0.15) is 30.0 Å². The third-order valence-corrected chi connectivity index (χ3v) is 3.56. The predicted octanol–water partition coefficient (Wildman–Crippen LogP) is 1.47. The van der Waals surface area contributed by atoms with Crippen LogP contribution in [0.2, 0.25) is 0 Å². The zero-order valence-corrected chi connectivity index (χ0v) is 10.5. The smallest absolute Gasteiger partial charge is 0.258 e. The molecule has 1 unspecified atom stereocenters. The maximum absolute atomic E-state index is 12.1. The van der Waals surface area contributed by atoms with Gasteiger partial charge in [-0.1, -0.05) is 0 Å². The van der Waals surface area contributed by atoms with Gasteiger partial charge in [-0.3, -0.25) is 9.20 Å². The minimum atomic E-state index is 0.0144. The minimum absolute atomic E-state index is 0.0144. The zero-order chi connectivity index (χ0) is 12.5. The molecule has 1 aliphatic heterocycles. The second kappa shape index (κ2) is 4.53. The highest BCUT2D eigenvalue weighted by Crippen LogP contribution is 2.20. The van der Waals surface area contributed by atoms with Crippen LogP contribution in [0.25, 0.3) is 5.65 Å². The lowest BCUT2D eigenvalue weighted by molar-refractivity contribution is 0.454. The summed E-state index contributed by atoms with van der Waals surface area (Å²) in [6, 6.07) is 5.57. The summed E-state index contributed by atoms with van der Waals surface area (Å²) in [6.07, 6.45) is 4.06. The Kier molecular flexibility index (Phi) is 2.88. The van der Waals surface area contributed by atoms with Crippen LogP contribution in [0.5, 0.6) is 0 Å². The molecule has 0 saturated carbocycles. The number of hydrogen-bond donors (Lipinski definition) is 1. The van der Waals surface area contributed by atoms with Crippen LogP contribution in [0.4, 0.5) is 0 Å². The third kappa shape index (κ3) is 2.04. The zero-order valence-electron chi connectivity index (χ0n) is 10.5. The van der Waals surface area contributed by atoms with Crippen molar-refractivity contribution >= 4 is 5.65 Å². The molecule has 2 aromatic heterocycles. The van der Waals surface area contributed by atoms with Gasteiger partial charge in [0.2, 0.25) is 0 Å². The number of rotatable bonds is 1. The van der Waals surface area contributed by atoms with Crippen LogP contribution in [-0.2, 0) is 0 Å². The fraction of sp³-hybridized carbons (Fsp3) is 0.429. The van der Waals surface area contributed by atoms with Crippen molar-refractivity contribution in [1.29, 1.82) is 0 Å². The number of fused-ring (bicyclic) bond motifs is 1. The van der Waals surface area contributed by atoms with Gasteiger partial charge in [0, 0.05) is 24.7 Å². The van der Waals surface area contributed by atoms with Crippen molar-refractivity contribution in [3.05, 3.63) is 46.0 Å². The van der Waals surface area contributed by atoms with E-state index in [-0.39, 0.29) is 5.56 Å². The van der Waals surface area contributed by atoms with E-state index in [4.69, 9.17) is 0 Å². The molecule has 2 aromatic rings. The van der Waals surface area contributed by atoms with E-state index in [1.54, 1.807) is 16.7 Å². The van der Waals surface area contributed by atoms with Crippen LogP contribution in [0.15, 0.2) is 29.2 Å². The molecule has 0 bridgehead atoms. The number of aryl methyl sites for hydroxylation is 1. The van der Waals surface area contributed by atoms with Gasteiger partial charge in [0.25, 0.3) is 5.56 Å². The fourth-order valence-electron chi connectivity index (χ4n) is 2.54. The molecule has 0 aliphatic carbocycles. The quantitative estimate of drug-likeness (QED) is 0.825. The Bertz CT molecular complexity index is 626. The van der Waals surface area contributed by atoms with Gasteiger partial charge < -0.3 is 5.32 Å². The first-order chi connectivity index (χ1) is 8.74. The molecule has 0 spiro atoms. The van der Waals surface area contributed by atoms with E-state index < -0.39 is 0 Å². The van der Waals surface area contributed by atoms with E-state index in [1.165, 1.54) is 0 Å². The predicted molar refractivity (Wildman–Crippen MR) is 71.0 cm³/mol. The Balaban J connectivity index is 2.10. The van der Waals surface area contributed by atoms with Crippen molar-refractivity contribution in [1.82, 2.24) is 14.7 Å². The minimum Gasteiger partial charge on any atom is -0.316 e. The highest BCUT2D eigenvalue weighted by molar-refractivity contribution is 5.41. The molecule has 4 nitrogen and oxygen atoms in total. The molecule has 1 fully saturated rings. The average molecular weight is 243 g/mol. The van der Waals surface area contributed by atoms with Gasteiger partial charge in [-0.05, 0) is 44.0 Å². The molecule has 1 atom stereocenters. The average Bonchev–Trinajstić information content (AvgIpc) is 2.39. The maximum Gasteiger partial charge on any atom is 0.258 e. The summed E-state index contributed by atoms with van der Waals surface area (Å²) < 4.78 is 1.60. The lowest BCUT2D eigenvalue weighted by Gasteiger charge is -2.22. The Morgan fingerprint density at radius 2 is 2.33 bits per heavy atom. The molecule has 1 aliphatic rings. The van der Waals surface area contributed by atoms with Crippen LogP contribution in [-0.4, -0.2) is 22.5 Å². The standard InChI is InChI=1S/C14H17N3O/c1-10-4-6-17-13(7-10)16-12(8-14(17)18)11-3-2-5-15-9-11/h4,6-8,11,15H,2-3,5,9H2,1H3. The number of nitrogens with zero attached hydrogens (tertiary/aromatic N) is 2. The summed E-state index contributed by atoms with van der Waals surface area (Å²) in [6.45, 7) is 4.01. The van der Waals surface area contributed by atoms with Gasteiger partial charge in [0.15, 0.2) is 0 Å². The molecular formula is C14H17N3O. The summed E-state index contributed by atoms with van der Waals surface area (Å²) in [5.41, 5.74) is 2.82. The number of pyridine rings is 1. The summed E-state index contributed by atoms with van der Waals surface area (Å²) in [7, 11) is 0. The molecule has 0 aromatic carbocycles. The molecule has 4 heteroatoms. The van der Waals surface area contributed by atoms with Crippen LogP contribution in [0, 0.1) is 6.92 Å². The van der Waals surface area contributed by atoms with Gasteiger partial charge >= 0.3 is 0 Å². The monoisotopic (exact) mass is 243 g/mol. The van der Waals surface area contributed by atoms with Gasteiger partial charge in [-0.15, -0.1) is 0 Å². The van der Waals surface area contributed by atoms with Crippen LogP contribution >= 0.6 is 0 Å². The second-order valence-electron chi connectivity index (χ2n) is 4.99. The lowest BCUT2D eigenvalue weighted by Crippen LogP contribution is -2.30. The number of nitrogens with one attached hydrogen (secondary N) is 1. The van der Waals surface area contributed by atoms with Crippen LogP contribution in [0.3, 0.4) is 0 Å². The first kappa shape index (κ1) is 11.4. The first-order valence-corrected chi connectivity index (χ1v) is 6.45. The van der Waals surface area contributed by atoms with Crippen molar-refractivity contribution in [3.63, 3.8) is 0 Å². The van der Waals surface area contributed by atoms with E-state index >= 15 is 0 Å². The Labute approximate surface area is 106 Å². The molecule has 1 saturated heterocycles. The normalized spacial score (nSPS) is 20.2. The van der Waals surface area contributed by atoms with Crippen molar-refractivity contribution in [3.8, 4) is 0 Å². The lowest BCUT2D eigenvalue weighted by atomic mass is 9.96. The molecule has 94 valence electrons.